The van der Waals surface area contributed by atoms with Gasteiger partial charge in [-0.1, -0.05) is 28.1 Å². The van der Waals surface area contributed by atoms with Gasteiger partial charge in [0.25, 0.3) is 0 Å². The molecule has 27 heavy (non-hydrogen) atoms. The summed E-state index contributed by atoms with van der Waals surface area (Å²) in [5.41, 5.74) is 1.11. The van der Waals surface area contributed by atoms with Gasteiger partial charge in [0, 0.05) is 29.5 Å². The minimum Gasteiger partial charge on any atom is -0.342 e. The lowest BCUT2D eigenvalue weighted by Crippen LogP contribution is -2.44. The van der Waals surface area contributed by atoms with Gasteiger partial charge in [0.05, 0.1) is 18.7 Å². The van der Waals surface area contributed by atoms with Gasteiger partial charge in [-0.3, -0.25) is 9.59 Å². The molecule has 0 bridgehead atoms. The summed E-state index contributed by atoms with van der Waals surface area (Å²) in [6.45, 7) is 1.90. The van der Waals surface area contributed by atoms with Crippen LogP contribution in [0.15, 0.2) is 41.0 Å². The van der Waals surface area contributed by atoms with Crippen molar-refractivity contribution < 1.29 is 9.59 Å². The smallest absolute Gasteiger partial charge is 0.230 e. The first kappa shape index (κ1) is 18.2. The maximum Gasteiger partial charge on any atom is 0.230 e. The molecule has 1 unspecified atom stereocenters. The van der Waals surface area contributed by atoms with E-state index in [1.54, 1.807) is 10.9 Å². The Morgan fingerprint density at radius 3 is 2.63 bits per heavy atom. The highest BCUT2D eigenvalue weighted by molar-refractivity contribution is 9.10. The minimum atomic E-state index is -0.155. The van der Waals surface area contributed by atoms with E-state index >= 15 is 0 Å². The molecule has 0 spiro atoms. The second kappa shape index (κ2) is 7.84. The highest BCUT2D eigenvalue weighted by Crippen LogP contribution is 2.32. The van der Waals surface area contributed by atoms with Crippen molar-refractivity contribution in [1.82, 2.24) is 14.7 Å². The molecule has 1 aliphatic carbocycles. The Balaban J connectivity index is 1.38. The molecule has 1 saturated carbocycles. The molecule has 1 saturated heterocycles. The molecule has 4 rings (SSSR count). The Hall–Kier alpha value is -2.15. The van der Waals surface area contributed by atoms with Gasteiger partial charge in [0.1, 0.15) is 5.82 Å². The molecular formula is C20H23BrN4O2. The predicted molar refractivity (Wildman–Crippen MR) is 106 cm³/mol. The predicted octanol–water partition coefficient (Wildman–Crippen LogP) is 3.28. The zero-order chi connectivity index (χ0) is 18.8. The van der Waals surface area contributed by atoms with Crippen LogP contribution in [0.2, 0.25) is 0 Å². The van der Waals surface area contributed by atoms with Gasteiger partial charge in [-0.25, -0.2) is 4.68 Å². The number of hydrogen-bond acceptors (Lipinski definition) is 3. The number of nitrogens with one attached hydrogen (secondary N) is 1. The number of rotatable bonds is 5. The fourth-order valence-electron chi connectivity index (χ4n) is 3.54. The molecular weight excluding hydrogens is 408 g/mol. The molecule has 1 N–H and O–H groups in total. The number of aromatic nitrogens is 2. The van der Waals surface area contributed by atoms with E-state index in [0.29, 0.717) is 18.9 Å². The molecule has 2 amide bonds. The Kier molecular flexibility index (Phi) is 5.29. The number of anilines is 1. The first-order chi connectivity index (χ1) is 13.1. The van der Waals surface area contributed by atoms with E-state index in [0.717, 1.165) is 42.3 Å². The zero-order valence-electron chi connectivity index (χ0n) is 15.1. The summed E-state index contributed by atoms with van der Waals surface area (Å²) in [6.07, 6.45) is 5.40. The number of hydrogen-bond donors (Lipinski definition) is 1. The van der Waals surface area contributed by atoms with Crippen LogP contribution >= 0.6 is 15.9 Å². The number of carbonyl (C=O) groups is 2. The van der Waals surface area contributed by atoms with Crippen molar-refractivity contribution in [3.05, 3.63) is 46.6 Å². The molecule has 1 aliphatic heterocycles. The molecule has 2 fully saturated rings. The van der Waals surface area contributed by atoms with Crippen LogP contribution < -0.4 is 5.32 Å². The largest absolute Gasteiger partial charge is 0.342 e. The number of halogens is 1. The van der Waals surface area contributed by atoms with E-state index < -0.39 is 0 Å². The molecule has 1 aromatic heterocycles. The summed E-state index contributed by atoms with van der Waals surface area (Å²) in [5, 5.41) is 7.34. The van der Waals surface area contributed by atoms with Crippen LogP contribution in [-0.2, 0) is 16.1 Å². The van der Waals surface area contributed by atoms with E-state index in [2.05, 4.69) is 26.3 Å². The summed E-state index contributed by atoms with van der Waals surface area (Å²) < 4.78 is 2.82. The molecule has 1 aromatic carbocycles. The molecule has 7 heteroatoms. The van der Waals surface area contributed by atoms with Crippen molar-refractivity contribution >= 4 is 33.6 Å². The van der Waals surface area contributed by atoms with Crippen molar-refractivity contribution in [2.75, 3.05) is 18.4 Å². The molecule has 2 heterocycles. The SMILES string of the molecule is O=C(Nc1ccnn1Cc1ccc(Br)cc1)C1CCCN(C(=O)C2CC2)C1. The van der Waals surface area contributed by atoms with E-state index in [1.807, 2.05) is 35.2 Å². The van der Waals surface area contributed by atoms with Crippen molar-refractivity contribution in [1.29, 1.82) is 0 Å². The first-order valence-corrected chi connectivity index (χ1v) is 10.3. The maximum absolute atomic E-state index is 12.8. The topological polar surface area (TPSA) is 67.2 Å². The number of nitrogens with zero attached hydrogens (tertiary/aromatic N) is 3. The van der Waals surface area contributed by atoms with Gasteiger partial charge < -0.3 is 10.2 Å². The van der Waals surface area contributed by atoms with E-state index in [-0.39, 0.29) is 23.7 Å². The minimum absolute atomic E-state index is 0.0270. The van der Waals surface area contributed by atoms with Crippen LogP contribution in [0.4, 0.5) is 5.82 Å². The number of carbonyl (C=O) groups excluding carboxylic acids is 2. The van der Waals surface area contributed by atoms with Crippen LogP contribution in [0.5, 0.6) is 0 Å². The maximum atomic E-state index is 12.8. The van der Waals surface area contributed by atoms with Crippen molar-refractivity contribution in [2.45, 2.75) is 32.2 Å². The summed E-state index contributed by atoms with van der Waals surface area (Å²) in [7, 11) is 0. The van der Waals surface area contributed by atoms with Crippen LogP contribution in [0.3, 0.4) is 0 Å². The fraction of sp³-hybridized carbons (Fsp3) is 0.450. The Bertz CT molecular complexity index is 829. The molecule has 142 valence electrons. The third-order valence-corrected chi connectivity index (χ3v) is 5.77. The normalized spacial score (nSPS) is 19.7. The Labute approximate surface area is 167 Å². The van der Waals surface area contributed by atoms with E-state index in [1.165, 1.54) is 0 Å². The zero-order valence-corrected chi connectivity index (χ0v) is 16.7. The second-order valence-electron chi connectivity index (χ2n) is 7.39. The van der Waals surface area contributed by atoms with Gasteiger partial charge >= 0.3 is 0 Å². The Morgan fingerprint density at radius 2 is 1.89 bits per heavy atom. The quantitative estimate of drug-likeness (QED) is 0.790. The third kappa shape index (κ3) is 4.40. The molecule has 6 nitrogen and oxygen atoms in total. The van der Waals surface area contributed by atoms with Crippen LogP contribution in [0, 0.1) is 11.8 Å². The van der Waals surface area contributed by atoms with Crippen molar-refractivity contribution in [3.8, 4) is 0 Å². The lowest BCUT2D eigenvalue weighted by Gasteiger charge is -2.32. The molecule has 2 aliphatic rings. The van der Waals surface area contributed by atoms with Crippen molar-refractivity contribution in [2.24, 2.45) is 11.8 Å². The summed E-state index contributed by atoms with van der Waals surface area (Å²) in [4.78, 5) is 27.0. The van der Waals surface area contributed by atoms with Gasteiger partial charge in [-0.15, -0.1) is 0 Å². The van der Waals surface area contributed by atoms with E-state index in [9.17, 15) is 9.59 Å². The number of likely N-dealkylation sites (tertiary alicyclic amines) is 1. The average molecular weight is 431 g/mol. The van der Waals surface area contributed by atoms with Crippen LogP contribution in [-0.4, -0.2) is 39.6 Å². The van der Waals surface area contributed by atoms with Crippen LogP contribution in [0.25, 0.3) is 0 Å². The second-order valence-corrected chi connectivity index (χ2v) is 8.30. The third-order valence-electron chi connectivity index (χ3n) is 5.24. The van der Waals surface area contributed by atoms with Gasteiger partial charge in [0.2, 0.25) is 11.8 Å². The summed E-state index contributed by atoms with van der Waals surface area (Å²) in [6, 6.07) is 9.85. The Morgan fingerprint density at radius 1 is 1.11 bits per heavy atom. The number of amides is 2. The number of piperidine rings is 1. The molecule has 2 aromatic rings. The highest BCUT2D eigenvalue weighted by atomic mass is 79.9. The first-order valence-electron chi connectivity index (χ1n) is 9.46. The summed E-state index contributed by atoms with van der Waals surface area (Å²) in [5.74, 6) is 0.943. The fourth-order valence-corrected chi connectivity index (χ4v) is 3.80. The highest BCUT2D eigenvalue weighted by Gasteiger charge is 2.36. The molecule has 0 radical (unpaired) electrons. The average Bonchev–Trinajstić information content (AvgIpc) is 3.45. The van der Waals surface area contributed by atoms with Crippen molar-refractivity contribution in [3.63, 3.8) is 0 Å². The lowest BCUT2D eigenvalue weighted by atomic mass is 9.96. The van der Waals surface area contributed by atoms with Crippen LogP contribution in [0.1, 0.15) is 31.2 Å². The van der Waals surface area contributed by atoms with E-state index in [4.69, 9.17) is 0 Å². The summed E-state index contributed by atoms with van der Waals surface area (Å²) >= 11 is 3.43. The molecule has 1 atom stereocenters. The lowest BCUT2D eigenvalue weighted by molar-refractivity contribution is -0.135. The van der Waals surface area contributed by atoms with Gasteiger partial charge in [-0.2, -0.15) is 5.10 Å². The van der Waals surface area contributed by atoms with Gasteiger partial charge in [0.15, 0.2) is 0 Å². The number of benzene rings is 1. The standard InChI is InChI=1S/C20H23BrN4O2/c21-17-7-3-14(4-8-17)12-25-18(9-10-22-25)23-19(26)16-2-1-11-24(13-16)20(27)15-5-6-15/h3-4,7-10,15-16H,1-2,5-6,11-13H2,(H,23,26). The van der Waals surface area contributed by atoms with Gasteiger partial charge in [-0.05, 0) is 43.4 Å². The monoisotopic (exact) mass is 430 g/mol.